The number of benzene rings is 1. The highest BCUT2D eigenvalue weighted by molar-refractivity contribution is 7.12. The van der Waals surface area contributed by atoms with Crippen LogP contribution in [0.25, 0.3) is 0 Å². The van der Waals surface area contributed by atoms with Gasteiger partial charge in [0.2, 0.25) is 0 Å². The summed E-state index contributed by atoms with van der Waals surface area (Å²) in [5.41, 5.74) is 1.68. The number of ether oxygens (including phenoxy) is 4. The molecule has 7 nitrogen and oxygen atoms in total. The smallest absolute Gasteiger partial charge is 0.313 e. The summed E-state index contributed by atoms with van der Waals surface area (Å²) in [5, 5.41) is 2.34. The van der Waals surface area contributed by atoms with Crippen molar-refractivity contribution in [2.24, 2.45) is 5.92 Å². The Morgan fingerprint density at radius 2 is 1.97 bits per heavy atom. The van der Waals surface area contributed by atoms with Crippen molar-refractivity contribution < 1.29 is 28.5 Å². The van der Waals surface area contributed by atoms with Crippen LogP contribution < -0.4 is 14.2 Å². The number of hydrogen-bond donors (Lipinski definition) is 0. The average molecular weight is 432 g/mol. The lowest BCUT2D eigenvalue weighted by Crippen LogP contribution is -2.31. The second kappa shape index (κ2) is 9.21. The number of methoxy groups -OCH3 is 2. The normalized spacial score (nSPS) is 16.8. The van der Waals surface area contributed by atoms with E-state index in [4.69, 9.17) is 18.9 Å². The van der Waals surface area contributed by atoms with Crippen LogP contribution in [0.4, 0.5) is 0 Å². The average Bonchev–Trinajstić information content (AvgIpc) is 3.12. The highest BCUT2D eigenvalue weighted by Gasteiger charge is 2.39. The molecule has 1 aromatic carbocycles. The first-order valence-corrected chi connectivity index (χ1v) is 10.4. The Hall–Kier alpha value is -3.00. The van der Waals surface area contributed by atoms with E-state index in [9.17, 15) is 9.59 Å². The molecule has 0 saturated heterocycles. The molecule has 3 rings (SSSR count). The van der Waals surface area contributed by atoms with E-state index in [0.717, 1.165) is 5.56 Å². The Labute approximate surface area is 179 Å². The van der Waals surface area contributed by atoms with Gasteiger partial charge in [-0.05, 0) is 36.4 Å². The number of nitrogens with zero attached hydrogens (tertiary/aromatic N) is 1. The molecule has 0 saturated carbocycles. The molecule has 1 aliphatic carbocycles. The van der Waals surface area contributed by atoms with Crippen LogP contribution in [0.1, 0.15) is 22.8 Å². The van der Waals surface area contributed by atoms with Gasteiger partial charge in [0.15, 0.2) is 22.3 Å². The number of thiophene rings is 1. The lowest BCUT2D eigenvalue weighted by Gasteiger charge is -2.25. The van der Waals surface area contributed by atoms with E-state index in [1.165, 1.54) is 11.3 Å². The second-order valence-electron chi connectivity index (χ2n) is 6.93. The molecule has 0 spiro atoms. The monoisotopic (exact) mass is 431 g/mol. The maximum absolute atomic E-state index is 13.3. The molecule has 160 valence electrons. The van der Waals surface area contributed by atoms with E-state index in [-0.39, 0.29) is 12.4 Å². The van der Waals surface area contributed by atoms with Crippen LogP contribution in [0.5, 0.6) is 22.3 Å². The number of Topliss-reactive ketones (excluding diaryl/α,β-unsaturated/α-hetero) is 1. The van der Waals surface area contributed by atoms with Crippen molar-refractivity contribution in [2.75, 3.05) is 34.9 Å². The first kappa shape index (κ1) is 21.7. The highest BCUT2D eigenvalue weighted by Crippen LogP contribution is 2.43. The molecule has 2 aromatic rings. The quantitative estimate of drug-likeness (QED) is 0.486. The number of fused-ring (bicyclic) bond motifs is 1. The lowest BCUT2D eigenvalue weighted by molar-refractivity contribution is -0.146. The summed E-state index contributed by atoms with van der Waals surface area (Å²) in [7, 11) is 6.73. The first-order chi connectivity index (χ1) is 14.4. The van der Waals surface area contributed by atoms with Crippen LogP contribution >= 0.6 is 11.3 Å². The van der Waals surface area contributed by atoms with Gasteiger partial charge in [-0.3, -0.25) is 9.59 Å². The molecule has 0 amide bonds. The summed E-state index contributed by atoms with van der Waals surface area (Å²) in [4.78, 5) is 27.6. The molecule has 0 aliphatic heterocycles. The van der Waals surface area contributed by atoms with Crippen LogP contribution in [0.3, 0.4) is 0 Å². The van der Waals surface area contributed by atoms with Crippen LogP contribution in [0.15, 0.2) is 35.4 Å². The third kappa shape index (κ3) is 4.28. The number of carbonyl (C=O) groups excluding carboxylic acids is 2. The van der Waals surface area contributed by atoms with Gasteiger partial charge >= 0.3 is 5.97 Å². The molecular formula is C22H25NO6S. The topological polar surface area (TPSA) is 74.3 Å². The minimum absolute atomic E-state index is 0.222. The van der Waals surface area contributed by atoms with Gasteiger partial charge in [0.05, 0.1) is 32.3 Å². The maximum Gasteiger partial charge on any atom is 0.313 e. The Morgan fingerprint density at radius 1 is 1.23 bits per heavy atom. The zero-order valence-corrected chi connectivity index (χ0v) is 18.5. The third-order valence-corrected chi connectivity index (χ3v) is 5.56. The summed E-state index contributed by atoms with van der Waals surface area (Å²) >= 11 is 1.33. The van der Waals surface area contributed by atoms with E-state index >= 15 is 0 Å². The van der Waals surface area contributed by atoms with Crippen molar-refractivity contribution in [3.63, 3.8) is 0 Å². The summed E-state index contributed by atoms with van der Waals surface area (Å²) in [6.07, 6.45) is 2.08. The van der Waals surface area contributed by atoms with E-state index < -0.39 is 11.9 Å². The van der Waals surface area contributed by atoms with Crippen molar-refractivity contribution in [3.8, 4) is 22.3 Å². The van der Waals surface area contributed by atoms with E-state index in [1.807, 2.05) is 19.5 Å². The van der Waals surface area contributed by atoms with Gasteiger partial charge in [0.1, 0.15) is 5.75 Å². The molecule has 8 heteroatoms. The van der Waals surface area contributed by atoms with Crippen molar-refractivity contribution in [3.05, 3.63) is 46.5 Å². The van der Waals surface area contributed by atoms with Crippen molar-refractivity contribution >= 4 is 23.1 Å². The number of hydrogen-bond acceptors (Lipinski definition) is 8. The zero-order chi connectivity index (χ0) is 21.8. The third-order valence-electron chi connectivity index (χ3n) is 4.66. The maximum atomic E-state index is 13.3. The standard InChI is InChI=1S/C22H25NO6S/c1-6-28-21(25)15-9-13-12-30-22(19(13)20(24)16(15)11-23(2)3)29-14-7-8-17(26-4)18(10-14)27-5/h7-8,10-12,15H,6,9H2,1-5H3/b16-11+. The Kier molecular flexibility index (Phi) is 6.66. The number of carbonyl (C=O) groups is 2. The lowest BCUT2D eigenvalue weighted by atomic mass is 9.81. The number of rotatable bonds is 7. The molecule has 0 N–H and O–H groups in total. The molecule has 1 aliphatic rings. The second-order valence-corrected chi connectivity index (χ2v) is 7.77. The Morgan fingerprint density at radius 3 is 2.60 bits per heavy atom. The molecule has 0 radical (unpaired) electrons. The Bertz CT molecular complexity index is 978. The van der Waals surface area contributed by atoms with E-state index in [1.54, 1.807) is 50.4 Å². The van der Waals surface area contributed by atoms with Crippen molar-refractivity contribution in [2.45, 2.75) is 13.3 Å². The number of ketones is 1. The fourth-order valence-electron chi connectivity index (χ4n) is 3.34. The van der Waals surface area contributed by atoms with Crippen LogP contribution in [0, 0.1) is 5.92 Å². The largest absolute Gasteiger partial charge is 0.493 e. The van der Waals surface area contributed by atoms with Gasteiger partial charge in [-0.25, -0.2) is 0 Å². The van der Waals surface area contributed by atoms with Gasteiger partial charge in [0.25, 0.3) is 0 Å². The van der Waals surface area contributed by atoms with Crippen LogP contribution in [-0.4, -0.2) is 51.6 Å². The molecular weight excluding hydrogens is 406 g/mol. The van der Waals surface area contributed by atoms with Gasteiger partial charge < -0.3 is 23.8 Å². The van der Waals surface area contributed by atoms with Crippen LogP contribution in [0.2, 0.25) is 0 Å². The molecule has 0 bridgehead atoms. The van der Waals surface area contributed by atoms with Gasteiger partial charge in [-0.1, -0.05) is 0 Å². The van der Waals surface area contributed by atoms with E-state index in [2.05, 4.69) is 0 Å². The first-order valence-electron chi connectivity index (χ1n) is 9.49. The summed E-state index contributed by atoms with van der Waals surface area (Å²) in [6.45, 7) is 2.02. The molecule has 1 aromatic heterocycles. The molecule has 1 unspecified atom stereocenters. The van der Waals surface area contributed by atoms with Gasteiger partial charge in [-0.2, -0.15) is 0 Å². The Balaban J connectivity index is 1.97. The SMILES string of the molecule is CCOC(=O)C1Cc2csc(Oc3ccc(OC)c(OC)c3)c2C(=O)/C1=C/N(C)C. The number of esters is 1. The minimum atomic E-state index is -0.629. The van der Waals surface area contributed by atoms with Crippen LogP contribution in [-0.2, 0) is 16.0 Å². The molecule has 0 fully saturated rings. The van der Waals surface area contributed by atoms with Crippen molar-refractivity contribution in [1.29, 1.82) is 0 Å². The minimum Gasteiger partial charge on any atom is -0.493 e. The predicted octanol–water partition coefficient (Wildman–Crippen LogP) is 3.92. The van der Waals surface area contributed by atoms with Gasteiger partial charge in [-0.15, -0.1) is 11.3 Å². The zero-order valence-electron chi connectivity index (χ0n) is 17.7. The van der Waals surface area contributed by atoms with E-state index in [0.29, 0.717) is 39.9 Å². The summed E-state index contributed by atoms with van der Waals surface area (Å²) in [6, 6.07) is 5.19. The molecule has 30 heavy (non-hydrogen) atoms. The summed E-state index contributed by atoms with van der Waals surface area (Å²) in [5.74, 6) is 0.398. The fourth-order valence-corrected chi connectivity index (χ4v) is 4.29. The molecule has 1 atom stereocenters. The predicted molar refractivity (Wildman–Crippen MR) is 114 cm³/mol. The van der Waals surface area contributed by atoms with Crippen molar-refractivity contribution in [1.82, 2.24) is 4.90 Å². The molecule has 1 heterocycles. The summed E-state index contributed by atoms with van der Waals surface area (Å²) < 4.78 is 21.8. The highest BCUT2D eigenvalue weighted by atomic mass is 32.1. The van der Waals surface area contributed by atoms with Gasteiger partial charge in [0, 0.05) is 31.9 Å². The fraction of sp³-hybridized carbons (Fsp3) is 0.364.